The molecule has 16 aromatic carbocycles. The lowest BCUT2D eigenvalue weighted by Crippen LogP contribution is -1.98. The van der Waals surface area contributed by atoms with Gasteiger partial charge in [-0.3, -0.25) is 0 Å². The number of rotatable bonds is 16. The molecule has 112 heavy (non-hydrogen) atoms. The number of phenolic OH excluding ortho intramolecular Hbond substituents is 16. The summed E-state index contributed by atoms with van der Waals surface area (Å²) in [5.41, 5.74) is 13.7. The van der Waals surface area contributed by atoms with Crippen LogP contribution in [0.4, 0.5) is 0 Å². The average Bonchev–Trinajstić information content (AvgIpc) is 0.767. The van der Waals surface area contributed by atoms with Crippen LogP contribution < -0.4 is 0 Å². The van der Waals surface area contributed by atoms with Crippen molar-refractivity contribution >= 4 is 43.1 Å². The fourth-order valence-electron chi connectivity index (χ4n) is 13.8. The summed E-state index contributed by atoms with van der Waals surface area (Å²) in [5.74, 6) is 3.14. The summed E-state index contributed by atoms with van der Waals surface area (Å²) in [6.07, 6.45) is 3.97. The molecule has 0 aliphatic carbocycles. The van der Waals surface area contributed by atoms with Gasteiger partial charge in [0.25, 0.3) is 0 Å². The molecule has 16 aromatic rings. The van der Waals surface area contributed by atoms with E-state index < -0.39 is 0 Å². The highest BCUT2D eigenvalue weighted by Gasteiger charge is 2.20. The van der Waals surface area contributed by atoms with Crippen molar-refractivity contribution in [2.75, 3.05) is 0 Å². The van der Waals surface area contributed by atoms with Gasteiger partial charge in [0.05, 0.1) is 0 Å². The minimum Gasteiger partial charge on any atom is -0.508 e. The molecule has 0 aliphatic rings. The van der Waals surface area contributed by atoms with E-state index in [9.17, 15) is 81.7 Å². The van der Waals surface area contributed by atoms with Gasteiger partial charge in [-0.15, -0.1) is 0 Å². The van der Waals surface area contributed by atoms with E-state index in [1.165, 1.54) is 0 Å². The summed E-state index contributed by atoms with van der Waals surface area (Å²) in [6, 6.07) is 83.2. The molecule has 0 saturated heterocycles. The molecule has 16 rings (SSSR count). The predicted molar refractivity (Wildman–Crippen MR) is 436 cm³/mol. The number of hydrogen-bond acceptors (Lipinski definition) is 16. The minimum atomic E-state index is 0.160. The molecule has 0 radical (unpaired) electrons. The van der Waals surface area contributed by atoms with Gasteiger partial charge in [-0.25, -0.2) is 0 Å². The number of fused-ring (bicyclic) bond motifs is 4. The van der Waals surface area contributed by atoms with Gasteiger partial charge in [-0.05, 0) is 280 Å². The molecular weight excluding hydrogens is 1410 g/mol. The molecular formula is C96H80O16. The third-order valence-corrected chi connectivity index (χ3v) is 19.8. The van der Waals surface area contributed by atoms with Gasteiger partial charge >= 0.3 is 0 Å². The second-order valence-corrected chi connectivity index (χ2v) is 27.8. The monoisotopic (exact) mass is 1490 g/mol. The first-order valence-corrected chi connectivity index (χ1v) is 36.1. The fourth-order valence-corrected chi connectivity index (χ4v) is 13.8. The fraction of sp³-hybridized carbons (Fsp3) is 0.0833. The van der Waals surface area contributed by atoms with E-state index in [-0.39, 0.29) is 92.0 Å². The molecule has 16 heteroatoms. The second-order valence-electron chi connectivity index (χ2n) is 27.8. The summed E-state index contributed by atoms with van der Waals surface area (Å²) < 4.78 is 0. The zero-order chi connectivity index (χ0) is 78.7. The molecule has 0 bridgehead atoms. The smallest absolute Gasteiger partial charge is 0.123 e. The standard InChI is InChI=1S/C31H26O5.2C24H20O4.C17H14O3/c32-25-7-1-19(2-8-25)13-23-17-28-22(18-30(23)35)16-24(14-20-3-9-26(33)10-4-20)31(36)29(28)15-21-5-11-27(34)12-6-21;25-19-6-1-15(2-7-19)11-18-13-21-17(14-24(18)28)5-10-23(27)22(21)12-16-3-8-20(26)9-4-16;25-17-5-1-15(2-6-17)13-21-19-9-12-24(28)22(20(19)10-11-23(21)27)14-16-3-7-18(26)8-4-16;18-15-4-1-11(2-5-15)7-14-8-13-9-16(19)6-3-12(13)10-17(14)20/h1-12,16-18,32-36H,13-15H2;1-10,13-14,25-28H,11-12H2;1-12,25-28H,13-14H2;1-6,8-10,18-20H,7H2. The molecule has 16 nitrogen and oxygen atoms in total. The molecule has 16 N–H and O–H groups in total. The van der Waals surface area contributed by atoms with Gasteiger partial charge in [0.1, 0.15) is 92.0 Å². The maximum Gasteiger partial charge on any atom is 0.123 e. The van der Waals surface area contributed by atoms with Crippen LogP contribution in [0.1, 0.15) is 89.0 Å². The van der Waals surface area contributed by atoms with E-state index in [1.807, 2.05) is 133 Å². The Hall–Kier alpha value is -14.6. The molecule has 0 heterocycles. The van der Waals surface area contributed by atoms with Crippen LogP contribution in [0.2, 0.25) is 0 Å². The van der Waals surface area contributed by atoms with E-state index >= 15 is 0 Å². The highest BCUT2D eigenvalue weighted by Crippen LogP contribution is 2.42. The Labute approximate surface area is 644 Å². The average molecular weight is 1490 g/mol. The summed E-state index contributed by atoms with van der Waals surface area (Å²) >= 11 is 0. The van der Waals surface area contributed by atoms with Crippen molar-refractivity contribution in [1.29, 1.82) is 0 Å². The van der Waals surface area contributed by atoms with E-state index in [4.69, 9.17) is 0 Å². The first-order valence-electron chi connectivity index (χ1n) is 36.1. The van der Waals surface area contributed by atoms with Gasteiger partial charge in [0.2, 0.25) is 0 Å². The highest BCUT2D eigenvalue weighted by atomic mass is 16.3. The third-order valence-electron chi connectivity index (χ3n) is 19.8. The van der Waals surface area contributed by atoms with Crippen LogP contribution in [0, 0.1) is 0 Å². The quantitative estimate of drug-likeness (QED) is 0.0427. The molecule has 0 unspecified atom stereocenters. The minimum absolute atomic E-state index is 0.160. The largest absolute Gasteiger partial charge is 0.508 e. The molecule has 0 fully saturated rings. The van der Waals surface area contributed by atoms with Crippen LogP contribution in [0.3, 0.4) is 0 Å². The Morgan fingerprint density at radius 1 is 0.143 bits per heavy atom. The van der Waals surface area contributed by atoms with Crippen molar-refractivity contribution in [3.8, 4) is 92.0 Å². The van der Waals surface area contributed by atoms with Crippen molar-refractivity contribution in [2.45, 2.75) is 51.4 Å². The number of hydrogen-bond donors (Lipinski definition) is 16. The Bertz CT molecular complexity index is 5830. The van der Waals surface area contributed by atoms with Gasteiger partial charge in [-0.2, -0.15) is 0 Å². The SMILES string of the molecule is Oc1ccc(Cc2c(O)ccc3c(Cc4ccc(O)cc4)c(O)ccc23)cc1.Oc1ccc(Cc2cc3c(Cc4ccc(O)cc4)c(O)c(Cc4ccc(O)cc4)cc3cc2O)cc1.Oc1ccc(Cc2cc3c(Cc4ccc(O)cc4)c(O)ccc3cc2O)cc1.Oc1ccc(Cc2cc3cc(O)ccc3cc2O)cc1. The van der Waals surface area contributed by atoms with Crippen molar-refractivity contribution < 1.29 is 81.7 Å². The maximum atomic E-state index is 11.4. The lowest BCUT2D eigenvalue weighted by Gasteiger charge is -2.17. The zero-order valence-electron chi connectivity index (χ0n) is 60.5. The molecule has 0 saturated carbocycles. The van der Waals surface area contributed by atoms with E-state index in [0.717, 1.165) is 121 Å². The third kappa shape index (κ3) is 18.7. The Morgan fingerprint density at radius 3 is 0.732 bits per heavy atom. The first-order chi connectivity index (χ1) is 54.0. The second kappa shape index (κ2) is 33.7. The number of benzene rings is 16. The van der Waals surface area contributed by atoms with Crippen molar-refractivity contribution in [1.82, 2.24) is 0 Å². The molecule has 0 amide bonds. The molecule has 0 aromatic heterocycles. The lowest BCUT2D eigenvalue weighted by atomic mass is 9.90. The van der Waals surface area contributed by atoms with E-state index in [0.29, 0.717) is 62.5 Å². The summed E-state index contributed by atoms with van der Waals surface area (Å²) in [7, 11) is 0. The maximum absolute atomic E-state index is 11.4. The predicted octanol–water partition coefficient (Wildman–Crippen LogP) is 19.4. The van der Waals surface area contributed by atoms with Crippen LogP contribution in [-0.2, 0) is 51.4 Å². The topological polar surface area (TPSA) is 324 Å². The Kier molecular flexibility index (Phi) is 22.7. The summed E-state index contributed by atoms with van der Waals surface area (Å²) in [5, 5.41) is 167. The van der Waals surface area contributed by atoms with E-state index in [2.05, 4.69) is 0 Å². The zero-order valence-corrected chi connectivity index (χ0v) is 60.5. The van der Waals surface area contributed by atoms with Crippen molar-refractivity contribution in [3.05, 3.63) is 380 Å². The van der Waals surface area contributed by atoms with Gasteiger partial charge in [-0.1, -0.05) is 121 Å². The van der Waals surface area contributed by atoms with Crippen LogP contribution in [0.15, 0.2) is 291 Å². The summed E-state index contributed by atoms with van der Waals surface area (Å²) in [6.45, 7) is 0. The summed E-state index contributed by atoms with van der Waals surface area (Å²) in [4.78, 5) is 0. The Morgan fingerprint density at radius 2 is 0.384 bits per heavy atom. The molecule has 0 aliphatic heterocycles. The van der Waals surface area contributed by atoms with Crippen LogP contribution in [-0.4, -0.2) is 81.7 Å². The normalized spacial score (nSPS) is 11.0. The van der Waals surface area contributed by atoms with Crippen molar-refractivity contribution in [2.24, 2.45) is 0 Å². The first kappa shape index (κ1) is 75.6. The number of aromatic hydroxyl groups is 16. The molecule has 0 spiro atoms. The van der Waals surface area contributed by atoms with Gasteiger partial charge in [0, 0.05) is 73.6 Å². The highest BCUT2D eigenvalue weighted by molar-refractivity contribution is 5.94. The van der Waals surface area contributed by atoms with Gasteiger partial charge in [0.15, 0.2) is 0 Å². The van der Waals surface area contributed by atoms with Crippen LogP contribution in [0.5, 0.6) is 92.0 Å². The molecule has 560 valence electrons. The number of phenols is 16. The molecule has 0 atom stereocenters. The van der Waals surface area contributed by atoms with Crippen LogP contribution >= 0.6 is 0 Å². The lowest BCUT2D eigenvalue weighted by molar-refractivity contribution is 0.463. The van der Waals surface area contributed by atoms with Crippen molar-refractivity contribution in [3.63, 3.8) is 0 Å². The van der Waals surface area contributed by atoms with E-state index in [1.54, 1.807) is 158 Å². The Balaban J connectivity index is 0.000000133. The van der Waals surface area contributed by atoms with Gasteiger partial charge < -0.3 is 81.7 Å². The van der Waals surface area contributed by atoms with Crippen LogP contribution in [0.25, 0.3) is 43.1 Å².